The van der Waals surface area contributed by atoms with Crippen LogP contribution < -0.4 is 16.4 Å². The van der Waals surface area contributed by atoms with E-state index in [1.54, 1.807) is 24.5 Å². The van der Waals surface area contributed by atoms with Gasteiger partial charge in [-0.15, -0.1) is 0 Å². The summed E-state index contributed by atoms with van der Waals surface area (Å²) in [7, 11) is 0. The first kappa shape index (κ1) is 14.5. The molecule has 1 fully saturated rings. The Hall–Kier alpha value is -2.47. The van der Waals surface area contributed by atoms with Gasteiger partial charge in [0.15, 0.2) is 0 Å². The molecule has 0 atom stereocenters. The van der Waals surface area contributed by atoms with Crippen molar-refractivity contribution in [2.75, 3.05) is 18.4 Å². The van der Waals surface area contributed by atoms with Gasteiger partial charge in [-0.05, 0) is 43.6 Å². The number of carbonyl (C=O) groups is 1. The molecule has 0 spiro atoms. The summed E-state index contributed by atoms with van der Waals surface area (Å²) in [5, 5.41) is 6.69. The summed E-state index contributed by atoms with van der Waals surface area (Å²) in [6.07, 6.45) is 5.74. The lowest BCUT2D eigenvalue weighted by atomic mass is 10.1. The third-order valence-corrected chi connectivity index (χ3v) is 3.83. The lowest BCUT2D eigenvalue weighted by molar-refractivity contribution is 0.100. The fraction of sp³-hybridized carbons (Fsp3) is 0.312. The van der Waals surface area contributed by atoms with E-state index < -0.39 is 5.91 Å². The summed E-state index contributed by atoms with van der Waals surface area (Å²) >= 11 is 0. The summed E-state index contributed by atoms with van der Waals surface area (Å²) in [5.41, 5.74) is 7.60. The second kappa shape index (κ2) is 6.53. The Labute approximate surface area is 129 Å². The number of primary amides is 1. The van der Waals surface area contributed by atoms with Crippen molar-refractivity contribution in [2.45, 2.75) is 18.9 Å². The van der Waals surface area contributed by atoms with Crippen LogP contribution in [-0.2, 0) is 0 Å². The molecule has 1 aliphatic heterocycles. The molecule has 1 saturated heterocycles. The number of nitrogens with one attached hydrogen (secondary N) is 2. The third-order valence-electron chi connectivity index (χ3n) is 3.83. The average Bonchev–Trinajstić information content (AvgIpc) is 2.57. The molecule has 0 unspecified atom stereocenters. The molecule has 1 aliphatic rings. The maximum absolute atomic E-state index is 11.1. The largest absolute Gasteiger partial charge is 0.366 e. The van der Waals surface area contributed by atoms with E-state index in [9.17, 15) is 4.79 Å². The van der Waals surface area contributed by atoms with Crippen molar-refractivity contribution in [2.24, 2.45) is 5.73 Å². The Kier molecular flexibility index (Phi) is 4.29. The van der Waals surface area contributed by atoms with E-state index in [0.29, 0.717) is 17.6 Å². The standard InChI is InChI=1S/C16H19N5O/c17-15(22)12-3-1-11(2-4-12)13-9-19-16(20-10-13)21-14-5-7-18-8-6-14/h1-4,9-10,14,18H,5-8H2,(H2,17,22)(H,19,20,21). The number of anilines is 1. The molecule has 0 bridgehead atoms. The minimum absolute atomic E-state index is 0.427. The van der Waals surface area contributed by atoms with Gasteiger partial charge >= 0.3 is 0 Å². The van der Waals surface area contributed by atoms with Gasteiger partial charge in [-0.3, -0.25) is 4.79 Å². The van der Waals surface area contributed by atoms with Crippen molar-refractivity contribution in [1.29, 1.82) is 0 Å². The Bertz CT molecular complexity index is 633. The molecule has 114 valence electrons. The van der Waals surface area contributed by atoms with Crippen molar-refractivity contribution in [1.82, 2.24) is 15.3 Å². The Morgan fingerprint density at radius 3 is 2.32 bits per heavy atom. The molecule has 22 heavy (non-hydrogen) atoms. The second-order valence-electron chi connectivity index (χ2n) is 5.41. The highest BCUT2D eigenvalue weighted by atomic mass is 16.1. The minimum Gasteiger partial charge on any atom is -0.366 e. The van der Waals surface area contributed by atoms with Crippen molar-refractivity contribution < 1.29 is 4.79 Å². The topological polar surface area (TPSA) is 92.9 Å². The predicted octanol–water partition coefficient (Wildman–Crippen LogP) is 1.41. The van der Waals surface area contributed by atoms with Crippen LogP contribution in [0, 0.1) is 0 Å². The summed E-state index contributed by atoms with van der Waals surface area (Å²) < 4.78 is 0. The molecular formula is C16H19N5O. The molecule has 2 aromatic rings. The number of rotatable bonds is 4. The Balaban J connectivity index is 1.69. The summed E-state index contributed by atoms with van der Waals surface area (Å²) in [4.78, 5) is 19.8. The number of nitrogens with two attached hydrogens (primary N) is 1. The number of carbonyl (C=O) groups excluding carboxylic acids is 1. The first-order chi connectivity index (χ1) is 10.7. The van der Waals surface area contributed by atoms with Crippen molar-refractivity contribution in [3.05, 3.63) is 42.2 Å². The number of amides is 1. The maximum atomic E-state index is 11.1. The fourth-order valence-corrected chi connectivity index (χ4v) is 2.53. The Morgan fingerprint density at radius 2 is 1.73 bits per heavy atom. The fourth-order valence-electron chi connectivity index (χ4n) is 2.53. The van der Waals surface area contributed by atoms with Crippen LogP contribution in [0.4, 0.5) is 5.95 Å². The molecule has 4 N–H and O–H groups in total. The van der Waals surface area contributed by atoms with Crippen LogP contribution in [0.3, 0.4) is 0 Å². The monoisotopic (exact) mass is 297 g/mol. The lowest BCUT2D eigenvalue weighted by Gasteiger charge is -2.23. The van der Waals surface area contributed by atoms with E-state index in [2.05, 4.69) is 20.6 Å². The van der Waals surface area contributed by atoms with E-state index in [1.165, 1.54) is 0 Å². The quantitative estimate of drug-likeness (QED) is 0.793. The normalized spacial score (nSPS) is 15.5. The van der Waals surface area contributed by atoms with E-state index in [1.807, 2.05) is 12.1 Å². The van der Waals surface area contributed by atoms with Gasteiger partial charge in [0.05, 0.1) is 0 Å². The highest BCUT2D eigenvalue weighted by molar-refractivity contribution is 5.93. The molecule has 1 aromatic carbocycles. The first-order valence-electron chi connectivity index (χ1n) is 7.42. The molecule has 6 nitrogen and oxygen atoms in total. The highest BCUT2D eigenvalue weighted by Crippen LogP contribution is 2.19. The van der Waals surface area contributed by atoms with Crippen molar-refractivity contribution in [3.8, 4) is 11.1 Å². The number of hydrogen-bond donors (Lipinski definition) is 3. The molecule has 0 radical (unpaired) electrons. The molecule has 6 heteroatoms. The summed E-state index contributed by atoms with van der Waals surface area (Å²) in [6, 6.07) is 7.54. The predicted molar refractivity (Wildman–Crippen MR) is 85.5 cm³/mol. The van der Waals surface area contributed by atoms with Crippen LogP contribution in [0.5, 0.6) is 0 Å². The number of nitrogens with zero attached hydrogens (tertiary/aromatic N) is 2. The van der Waals surface area contributed by atoms with Crippen LogP contribution in [0.2, 0.25) is 0 Å². The van der Waals surface area contributed by atoms with E-state index in [-0.39, 0.29) is 0 Å². The Morgan fingerprint density at radius 1 is 1.09 bits per heavy atom. The zero-order chi connectivity index (χ0) is 15.4. The van der Waals surface area contributed by atoms with Gasteiger partial charge in [0.2, 0.25) is 11.9 Å². The zero-order valence-corrected chi connectivity index (χ0v) is 12.2. The molecule has 0 aliphatic carbocycles. The van der Waals surface area contributed by atoms with Crippen LogP contribution in [-0.4, -0.2) is 35.0 Å². The van der Waals surface area contributed by atoms with Crippen LogP contribution >= 0.6 is 0 Å². The van der Waals surface area contributed by atoms with Crippen LogP contribution in [0.15, 0.2) is 36.7 Å². The number of benzene rings is 1. The van der Waals surface area contributed by atoms with Crippen molar-refractivity contribution in [3.63, 3.8) is 0 Å². The van der Waals surface area contributed by atoms with Gasteiger partial charge in [-0.1, -0.05) is 12.1 Å². The average molecular weight is 297 g/mol. The van der Waals surface area contributed by atoms with Gasteiger partial charge in [0.1, 0.15) is 0 Å². The first-order valence-corrected chi connectivity index (χ1v) is 7.42. The van der Waals surface area contributed by atoms with Gasteiger partial charge in [0.25, 0.3) is 0 Å². The van der Waals surface area contributed by atoms with Gasteiger partial charge in [-0.25, -0.2) is 9.97 Å². The smallest absolute Gasteiger partial charge is 0.248 e. The SMILES string of the molecule is NC(=O)c1ccc(-c2cnc(NC3CCNCC3)nc2)cc1. The van der Waals surface area contributed by atoms with Crippen LogP contribution in [0.1, 0.15) is 23.2 Å². The van der Waals surface area contributed by atoms with E-state index in [0.717, 1.165) is 37.1 Å². The van der Waals surface area contributed by atoms with E-state index in [4.69, 9.17) is 5.73 Å². The summed E-state index contributed by atoms with van der Waals surface area (Å²) in [5.74, 6) is 0.230. The number of aromatic nitrogens is 2. The summed E-state index contributed by atoms with van der Waals surface area (Å²) in [6.45, 7) is 2.06. The van der Waals surface area contributed by atoms with Gasteiger partial charge < -0.3 is 16.4 Å². The van der Waals surface area contributed by atoms with Crippen LogP contribution in [0.25, 0.3) is 11.1 Å². The zero-order valence-electron chi connectivity index (χ0n) is 12.2. The lowest BCUT2D eigenvalue weighted by Crippen LogP contribution is -2.35. The minimum atomic E-state index is -0.427. The molecule has 1 aromatic heterocycles. The van der Waals surface area contributed by atoms with Gasteiger partial charge in [0, 0.05) is 29.6 Å². The highest BCUT2D eigenvalue weighted by Gasteiger charge is 2.13. The second-order valence-corrected chi connectivity index (χ2v) is 5.41. The van der Waals surface area contributed by atoms with Crippen molar-refractivity contribution >= 4 is 11.9 Å². The maximum Gasteiger partial charge on any atom is 0.248 e. The van der Waals surface area contributed by atoms with E-state index >= 15 is 0 Å². The molecule has 0 saturated carbocycles. The molecular weight excluding hydrogens is 278 g/mol. The molecule has 3 rings (SSSR count). The van der Waals surface area contributed by atoms with Gasteiger partial charge in [-0.2, -0.15) is 0 Å². The number of hydrogen-bond acceptors (Lipinski definition) is 5. The molecule has 1 amide bonds. The third kappa shape index (κ3) is 3.40. The number of piperidine rings is 1. The molecule has 2 heterocycles.